The molecule has 1 aromatic rings. The fourth-order valence-electron chi connectivity index (χ4n) is 3.89. The Balaban J connectivity index is 1.76. The van der Waals surface area contributed by atoms with Gasteiger partial charge in [-0.1, -0.05) is 32.9 Å². The second kappa shape index (κ2) is 5.33. The van der Waals surface area contributed by atoms with Gasteiger partial charge in [0.25, 0.3) is 11.8 Å². The van der Waals surface area contributed by atoms with E-state index in [4.69, 9.17) is 0 Å². The number of aromatic hydroxyl groups is 1. The molecule has 2 N–H and O–H groups in total. The largest absolute Gasteiger partial charge is 0.508 e. The molecule has 2 fully saturated rings. The predicted molar refractivity (Wildman–Crippen MR) is 86.4 cm³/mol. The van der Waals surface area contributed by atoms with Crippen LogP contribution in [0, 0.1) is 16.7 Å². The van der Waals surface area contributed by atoms with Crippen LogP contribution >= 0.6 is 0 Å². The molecule has 1 heterocycles. The van der Waals surface area contributed by atoms with Crippen LogP contribution in [0.3, 0.4) is 0 Å². The summed E-state index contributed by atoms with van der Waals surface area (Å²) in [6.45, 7) is 5.78. The van der Waals surface area contributed by atoms with Crippen molar-refractivity contribution in [3.63, 3.8) is 0 Å². The summed E-state index contributed by atoms with van der Waals surface area (Å²) in [5.41, 5.74) is 2.12. The predicted octanol–water partition coefficient (Wildman–Crippen LogP) is 1.78. The lowest BCUT2D eigenvalue weighted by Gasteiger charge is -2.47. The molecule has 0 spiro atoms. The van der Waals surface area contributed by atoms with Gasteiger partial charge in [0.1, 0.15) is 5.75 Å². The minimum absolute atomic E-state index is 0.0299. The molecular weight excluding hydrogens is 308 g/mol. The molecule has 1 saturated carbocycles. The number of imide groups is 1. The maximum absolute atomic E-state index is 12.8. The number of hydrogen-bond acceptors (Lipinski definition) is 4. The molecule has 1 saturated heterocycles. The maximum Gasteiger partial charge on any atom is 0.254 e. The van der Waals surface area contributed by atoms with E-state index in [1.165, 1.54) is 12.1 Å². The second-order valence-electron chi connectivity index (χ2n) is 7.50. The Hall–Kier alpha value is -2.37. The van der Waals surface area contributed by atoms with Gasteiger partial charge < -0.3 is 5.11 Å². The van der Waals surface area contributed by atoms with Gasteiger partial charge in [0.05, 0.1) is 11.8 Å². The van der Waals surface area contributed by atoms with E-state index < -0.39 is 16.7 Å². The van der Waals surface area contributed by atoms with E-state index in [0.29, 0.717) is 18.4 Å². The first-order chi connectivity index (χ1) is 11.2. The van der Waals surface area contributed by atoms with Crippen LogP contribution in [-0.2, 0) is 20.8 Å². The van der Waals surface area contributed by atoms with Crippen LogP contribution in [-0.4, -0.2) is 27.8 Å². The van der Waals surface area contributed by atoms with Gasteiger partial charge in [-0.05, 0) is 36.0 Å². The summed E-state index contributed by atoms with van der Waals surface area (Å²) in [4.78, 5) is 37.7. The lowest BCUT2D eigenvalue weighted by molar-refractivity contribution is -0.174. The molecule has 2 unspecified atom stereocenters. The van der Waals surface area contributed by atoms with Gasteiger partial charge in [-0.15, -0.1) is 0 Å². The summed E-state index contributed by atoms with van der Waals surface area (Å²) in [6, 6.07) is 6.24. The van der Waals surface area contributed by atoms with E-state index in [-0.39, 0.29) is 29.9 Å². The van der Waals surface area contributed by atoms with Crippen LogP contribution in [0.4, 0.5) is 0 Å². The number of hydrogen-bond donors (Lipinski definition) is 2. The summed E-state index contributed by atoms with van der Waals surface area (Å²) < 4.78 is 0. The minimum atomic E-state index is -0.641. The van der Waals surface area contributed by atoms with Crippen molar-refractivity contribution in [2.75, 3.05) is 0 Å². The molecule has 24 heavy (non-hydrogen) atoms. The standard InChI is InChI=1S/C18H22N2O4/c1-17(2)13-8-9-18(17,3)16(24)20(15(13)23)19-14(22)10-11-4-6-12(21)7-5-11/h4-7,13,21H,8-10H2,1-3H3,(H,19,22). The summed E-state index contributed by atoms with van der Waals surface area (Å²) in [5, 5.41) is 10.2. The van der Waals surface area contributed by atoms with Crippen LogP contribution in [0.5, 0.6) is 5.75 Å². The average molecular weight is 330 g/mol. The Labute approximate surface area is 140 Å². The van der Waals surface area contributed by atoms with Gasteiger partial charge in [-0.2, -0.15) is 5.01 Å². The molecule has 6 heteroatoms. The number of carbonyl (C=O) groups is 3. The van der Waals surface area contributed by atoms with Gasteiger partial charge in [0, 0.05) is 5.92 Å². The van der Waals surface area contributed by atoms with E-state index in [0.717, 1.165) is 5.01 Å². The first-order valence-corrected chi connectivity index (χ1v) is 8.12. The van der Waals surface area contributed by atoms with E-state index >= 15 is 0 Å². The van der Waals surface area contributed by atoms with E-state index in [1.807, 2.05) is 20.8 Å². The summed E-state index contributed by atoms with van der Waals surface area (Å²) in [5.74, 6) is -1.21. The van der Waals surface area contributed by atoms with E-state index in [9.17, 15) is 19.5 Å². The Bertz CT molecular complexity index is 710. The Morgan fingerprint density at radius 2 is 1.88 bits per heavy atom. The number of nitrogens with zero attached hydrogens (tertiary/aromatic N) is 1. The van der Waals surface area contributed by atoms with Gasteiger partial charge >= 0.3 is 0 Å². The zero-order valence-corrected chi connectivity index (χ0v) is 14.1. The van der Waals surface area contributed by atoms with Crippen molar-refractivity contribution in [3.8, 4) is 5.75 Å². The number of amides is 3. The highest BCUT2D eigenvalue weighted by Crippen LogP contribution is 2.59. The van der Waals surface area contributed by atoms with Gasteiger partial charge in [0.2, 0.25) is 5.91 Å². The lowest BCUT2D eigenvalue weighted by atomic mass is 9.63. The van der Waals surface area contributed by atoms with Crippen LogP contribution in [0.25, 0.3) is 0 Å². The van der Waals surface area contributed by atoms with Gasteiger partial charge in [0.15, 0.2) is 0 Å². The molecule has 1 aromatic carbocycles. The number of hydrazine groups is 1. The molecule has 128 valence electrons. The number of phenols is 1. The summed E-state index contributed by atoms with van der Waals surface area (Å²) in [6.07, 6.45) is 1.35. The van der Waals surface area contributed by atoms with Crippen molar-refractivity contribution in [3.05, 3.63) is 29.8 Å². The lowest BCUT2D eigenvalue weighted by Crippen LogP contribution is -2.64. The third-order valence-electron chi connectivity index (χ3n) is 5.96. The van der Waals surface area contributed by atoms with Crippen molar-refractivity contribution in [2.24, 2.45) is 16.7 Å². The molecule has 3 amide bonds. The van der Waals surface area contributed by atoms with E-state index in [2.05, 4.69) is 5.43 Å². The summed E-state index contributed by atoms with van der Waals surface area (Å²) in [7, 11) is 0. The maximum atomic E-state index is 12.8. The summed E-state index contributed by atoms with van der Waals surface area (Å²) >= 11 is 0. The first-order valence-electron chi connectivity index (χ1n) is 8.12. The zero-order chi connectivity index (χ0) is 17.7. The molecular formula is C18H22N2O4. The fourth-order valence-corrected chi connectivity index (χ4v) is 3.89. The molecule has 1 aliphatic carbocycles. The molecule has 0 radical (unpaired) electrons. The van der Waals surface area contributed by atoms with Gasteiger partial charge in [-0.25, -0.2) is 0 Å². The van der Waals surface area contributed by atoms with Crippen LogP contribution in [0.2, 0.25) is 0 Å². The van der Waals surface area contributed by atoms with Crippen molar-refractivity contribution in [2.45, 2.75) is 40.0 Å². The van der Waals surface area contributed by atoms with E-state index in [1.54, 1.807) is 12.1 Å². The number of fused-ring (bicyclic) bond motifs is 2. The van der Waals surface area contributed by atoms with Crippen LogP contribution in [0.15, 0.2) is 24.3 Å². The topological polar surface area (TPSA) is 86.7 Å². The monoisotopic (exact) mass is 330 g/mol. The highest BCUT2D eigenvalue weighted by molar-refractivity contribution is 6.05. The van der Waals surface area contributed by atoms with Crippen LogP contribution in [0.1, 0.15) is 39.2 Å². The van der Waals surface area contributed by atoms with Gasteiger partial charge in [-0.3, -0.25) is 19.8 Å². The Morgan fingerprint density at radius 1 is 1.25 bits per heavy atom. The number of nitrogens with one attached hydrogen (secondary N) is 1. The number of piperidine rings is 1. The normalized spacial score (nSPS) is 28.1. The number of carbonyl (C=O) groups excluding carboxylic acids is 3. The highest BCUT2D eigenvalue weighted by atomic mass is 16.3. The third kappa shape index (κ3) is 2.28. The Kier molecular flexibility index (Phi) is 3.66. The number of benzene rings is 1. The molecule has 0 aromatic heterocycles. The molecule has 2 aliphatic rings. The molecule has 2 bridgehead atoms. The molecule has 1 aliphatic heterocycles. The smallest absolute Gasteiger partial charge is 0.254 e. The minimum Gasteiger partial charge on any atom is -0.508 e. The molecule has 6 nitrogen and oxygen atoms in total. The van der Waals surface area contributed by atoms with Crippen LogP contribution < -0.4 is 5.43 Å². The third-order valence-corrected chi connectivity index (χ3v) is 5.96. The van der Waals surface area contributed by atoms with Crippen molar-refractivity contribution in [1.29, 1.82) is 0 Å². The first kappa shape index (κ1) is 16.5. The molecule has 2 atom stereocenters. The van der Waals surface area contributed by atoms with Crippen molar-refractivity contribution >= 4 is 17.7 Å². The number of phenolic OH excluding ortho intramolecular Hbond substituents is 1. The SMILES string of the molecule is CC12CCC(C(=O)N(NC(=O)Cc3ccc(O)cc3)C1=O)C2(C)C. The highest BCUT2D eigenvalue weighted by Gasteiger charge is 2.64. The quantitative estimate of drug-likeness (QED) is 0.827. The van der Waals surface area contributed by atoms with Crippen molar-refractivity contribution in [1.82, 2.24) is 10.4 Å². The average Bonchev–Trinajstić information content (AvgIpc) is 2.71. The molecule has 3 rings (SSSR count). The Morgan fingerprint density at radius 3 is 2.50 bits per heavy atom. The zero-order valence-electron chi connectivity index (χ0n) is 14.1. The second-order valence-corrected chi connectivity index (χ2v) is 7.50. The van der Waals surface area contributed by atoms with Crippen molar-refractivity contribution < 1.29 is 19.5 Å². The number of rotatable bonds is 3. The fraction of sp³-hybridized carbons (Fsp3) is 0.500.